The standard InChI is InChI=1S/C15H15N3/c1-10-6-4-7-11(2)14(10)18-12(3)17-13-8-5-9-16-15(13)18/h4-9H,1-3H3. The van der Waals surface area contributed by atoms with Crippen LogP contribution in [-0.2, 0) is 0 Å². The molecule has 1 aromatic carbocycles. The van der Waals surface area contributed by atoms with Crippen molar-refractivity contribution < 1.29 is 0 Å². The molecule has 0 bridgehead atoms. The van der Waals surface area contributed by atoms with Gasteiger partial charge in [0.1, 0.15) is 11.3 Å². The summed E-state index contributed by atoms with van der Waals surface area (Å²) in [4.78, 5) is 9.03. The second-order valence-corrected chi connectivity index (χ2v) is 4.58. The van der Waals surface area contributed by atoms with Crippen LogP contribution < -0.4 is 0 Å². The summed E-state index contributed by atoms with van der Waals surface area (Å²) >= 11 is 0. The monoisotopic (exact) mass is 237 g/mol. The fourth-order valence-corrected chi connectivity index (χ4v) is 2.45. The van der Waals surface area contributed by atoms with Crippen LogP contribution in [0.1, 0.15) is 17.0 Å². The van der Waals surface area contributed by atoms with Crippen LogP contribution >= 0.6 is 0 Å². The fraction of sp³-hybridized carbons (Fsp3) is 0.200. The van der Waals surface area contributed by atoms with Gasteiger partial charge in [-0.05, 0) is 44.0 Å². The van der Waals surface area contributed by atoms with Crippen molar-refractivity contribution in [1.29, 1.82) is 0 Å². The van der Waals surface area contributed by atoms with Crippen molar-refractivity contribution in [2.45, 2.75) is 20.8 Å². The van der Waals surface area contributed by atoms with Crippen molar-refractivity contribution in [3.63, 3.8) is 0 Å². The molecule has 0 unspecified atom stereocenters. The fourth-order valence-electron chi connectivity index (χ4n) is 2.45. The average molecular weight is 237 g/mol. The highest BCUT2D eigenvalue weighted by Gasteiger charge is 2.13. The number of hydrogen-bond acceptors (Lipinski definition) is 2. The van der Waals surface area contributed by atoms with E-state index in [9.17, 15) is 0 Å². The van der Waals surface area contributed by atoms with Crippen LogP contribution in [0, 0.1) is 20.8 Å². The highest BCUT2D eigenvalue weighted by atomic mass is 15.1. The zero-order valence-corrected chi connectivity index (χ0v) is 10.8. The normalized spacial score (nSPS) is 11.1. The molecule has 18 heavy (non-hydrogen) atoms. The van der Waals surface area contributed by atoms with E-state index < -0.39 is 0 Å². The molecule has 0 fully saturated rings. The maximum atomic E-state index is 4.57. The average Bonchev–Trinajstić information content (AvgIpc) is 2.66. The first kappa shape index (κ1) is 11.0. The number of aryl methyl sites for hydroxylation is 3. The Morgan fingerprint density at radius 3 is 2.39 bits per heavy atom. The van der Waals surface area contributed by atoms with E-state index >= 15 is 0 Å². The second-order valence-electron chi connectivity index (χ2n) is 4.58. The van der Waals surface area contributed by atoms with Crippen molar-refractivity contribution >= 4 is 11.2 Å². The first-order valence-electron chi connectivity index (χ1n) is 6.05. The van der Waals surface area contributed by atoms with Crippen molar-refractivity contribution in [2.75, 3.05) is 0 Å². The van der Waals surface area contributed by atoms with Gasteiger partial charge < -0.3 is 0 Å². The summed E-state index contributed by atoms with van der Waals surface area (Å²) in [5.41, 5.74) is 5.53. The maximum Gasteiger partial charge on any atom is 0.164 e. The van der Waals surface area contributed by atoms with E-state index in [1.165, 1.54) is 16.8 Å². The van der Waals surface area contributed by atoms with Crippen LogP contribution in [-0.4, -0.2) is 14.5 Å². The van der Waals surface area contributed by atoms with Gasteiger partial charge in [-0.1, -0.05) is 18.2 Å². The number of rotatable bonds is 1. The zero-order valence-electron chi connectivity index (χ0n) is 10.8. The lowest BCUT2D eigenvalue weighted by atomic mass is 10.1. The zero-order chi connectivity index (χ0) is 12.7. The maximum absolute atomic E-state index is 4.57. The van der Waals surface area contributed by atoms with E-state index in [1.807, 2.05) is 25.3 Å². The molecule has 0 aliphatic rings. The van der Waals surface area contributed by atoms with Gasteiger partial charge in [-0.2, -0.15) is 0 Å². The SMILES string of the molecule is Cc1cccc(C)c1-n1c(C)nc2cccnc21. The molecule has 0 radical (unpaired) electrons. The molecule has 0 saturated carbocycles. The molecule has 0 spiro atoms. The van der Waals surface area contributed by atoms with Gasteiger partial charge in [0.05, 0.1) is 5.69 Å². The smallest absolute Gasteiger partial charge is 0.164 e. The minimum absolute atomic E-state index is 0.924. The van der Waals surface area contributed by atoms with Gasteiger partial charge in [-0.25, -0.2) is 9.97 Å². The van der Waals surface area contributed by atoms with Gasteiger partial charge in [0, 0.05) is 6.20 Å². The lowest BCUT2D eigenvalue weighted by Gasteiger charge is -2.12. The second kappa shape index (κ2) is 3.95. The quantitative estimate of drug-likeness (QED) is 0.650. The molecule has 3 rings (SSSR count). The lowest BCUT2D eigenvalue weighted by molar-refractivity contribution is 0.966. The molecular formula is C15H15N3. The topological polar surface area (TPSA) is 30.7 Å². The van der Waals surface area contributed by atoms with Crippen LogP contribution in [0.25, 0.3) is 16.9 Å². The summed E-state index contributed by atoms with van der Waals surface area (Å²) in [7, 11) is 0. The molecule has 0 N–H and O–H groups in total. The number of hydrogen-bond donors (Lipinski definition) is 0. The highest BCUT2D eigenvalue weighted by Crippen LogP contribution is 2.24. The molecule has 0 saturated heterocycles. The molecule has 0 aliphatic carbocycles. The number of imidazole rings is 1. The van der Waals surface area contributed by atoms with E-state index in [-0.39, 0.29) is 0 Å². The number of nitrogens with zero attached hydrogens (tertiary/aromatic N) is 3. The van der Waals surface area contributed by atoms with Crippen LogP contribution in [0.2, 0.25) is 0 Å². The number of benzene rings is 1. The minimum Gasteiger partial charge on any atom is -0.280 e. The molecule has 2 heterocycles. The van der Waals surface area contributed by atoms with E-state index in [2.05, 4.69) is 46.6 Å². The van der Waals surface area contributed by atoms with Gasteiger partial charge in [-0.3, -0.25) is 4.57 Å². The number of fused-ring (bicyclic) bond motifs is 1. The van der Waals surface area contributed by atoms with Crippen LogP contribution in [0.5, 0.6) is 0 Å². The molecule has 3 aromatic rings. The van der Waals surface area contributed by atoms with E-state index in [4.69, 9.17) is 0 Å². The Balaban J connectivity index is 2.42. The summed E-state index contributed by atoms with van der Waals surface area (Å²) in [5, 5.41) is 0. The first-order valence-corrected chi connectivity index (χ1v) is 6.05. The van der Waals surface area contributed by atoms with Crippen LogP contribution in [0.4, 0.5) is 0 Å². The third kappa shape index (κ3) is 1.51. The summed E-state index contributed by atoms with van der Waals surface area (Å²) in [6.07, 6.45) is 1.81. The van der Waals surface area contributed by atoms with Gasteiger partial charge in [0.15, 0.2) is 5.65 Å². The van der Waals surface area contributed by atoms with Crippen LogP contribution in [0.15, 0.2) is 36.5 Å². The summed E-state index contributed by atoms with van der Waals surface area (Å²) < 4.78 is 2.14. The summed E-state index contributed by atoms with van der Waals surface area (Å²) in [6, 6.07) is 10.2. The molecule has 3 heteroatoms. The Hall–Kier alpha value is -2.16. The number of pyridine rings is 1. The summed E-state index contributed by atoms with van der Waals surface area (Å²) in [6.45, 7) is 6.26. The Labute approximate surface area is 106 Å². The number of para-hydroxylation sites is 1. The predicted octanol–water partition coefficient (Wildman–Crippen LogP) is 3.35. The molecule has 2 aromatic heterocycles. The highest BCUT2D eigenvalue weighted by molar-refractivity contribution is 5.74. The van der Waals surface area contributed by atoms with Gasteiger partial charge in [-0.15, -0.1) is 0 Å². The Bertz CT molecular complexity index is 705. The van der Waals surface area contributed by atoms with Crippen molar-refractivity contribution in [3.8, 4) is 5.69 Å². The van der Waals surface area contributed by atoms with E-state index in [0.717, 1.165) is 17.0 Å². The molecule has 90 valence electrons. The lowest BCUT2D eigenvalue weighted by Crippen LogP contribution is -2.02. The van der Waals surface area contributed by atoms with Crippen LogP contribution in [0.3, 0.4) is 0 Å². The largest absolute Gasteiger partial charge is 0.280 e. The third-order valence-corrected chi connectivity index (χ3v) is 3.25. The Morgan fingerprint density at radius 1 is 0.944 bits per heavy atom. The van der Waals surface area contributed by atoms with Gasteiger partial charge >= 0.3 is 0 Å². The number of aromatic nitrogens is 3. The Morgan fingerprint density at radius 2 is 1.67 bits per heavy atom. The Kier molecular flexibility index (Phi) is 2.40. The van der Waals surface area contributed by atoms with Crippen molar-refractivity contribution in [3.05, 3.63) is 53.5 Å². The molecule has 0 amide bonds. The third-order valence-electron chi connectivity index (χ3n) is 3.25. The minimum atomic E-state index is 0.924. The molecule has 0 atom stereocenters. The van der Waals surface area contributed by atoms with E-state index in [0.29, 0.717) is 0 Å². The van der Waals surface area contributed by atoms with Gasteiger partial charge in [0.2, 0.25) is 0 Å². The van der Waals surface area contributed by atoms with Gasteiger partial charge in [0.25, 0.3) is 0 Å². The molecular weight excluding hydrogens is 222 g/mol. The molecule has 3 nitrogen and oxygen atoms in total. The predicted molar refractivity (Wildman–Crippen MR) is 73.1 cm³/mol. The summed E-state index contributed by atoms with van der Waals surface area (Å²) in [5.74, 6) is 0.973. The first-order chi connectivity index (χ1) is 8.68. The van der Waals surface area contributed by atoms with Crippen molar-refractivity contribution in [2.24, 2.45) is 0 Å². The molecule has 0 aliphatic heterocycles. The van der Waals surface area contributed by atoms with Crippen molar-refractivity contribution in [1.82, 2.24) is 14.5 Å². The van der Waals surface area contributed by atoms with E-state index in [1.54, 1.807) is 0 Å².